The van der Waals surface area contributed by atoms with E-state index in [1.165, 1.54) is 26.1 Å². The van der Waals surface area contributed by atoms with Gasteiger partial charge in [0.2, 0.25) is 0 Å². The molecule has 3 aromatic rings. The molecule has 1 saturated heterocycles. The van der Waals surface area contributed by atoms with Crippen LogP contribution in [-0.4, -0.2) is 74.4 Å². The van der Waals surface area contributed by atoms with Crippen molar-refractivity contribution in [3.05, 3.63) is 52.8 Å². The molecule has 0 aliphatic carbocycles. The van der Waals surface area contributed by atoms with Gasteiger partial charge >= 0.3 is 12.3 Å². The smallest absolute Gasteiger partial charge is 0.418 e. The number of H-pyrrole nitrogens is 1. The van der Waals surface area contributed by atoms with Gasteiger partial charge in [0.05, 0.1) is 24.8 Å². The first-order valence-electron chi connectivity index (χ1n) is 13.8. The molecular weight excluding hydrogens is 553 g/mol. The summed E-state index contributed by atoms with van der Waals surface area (Å²) in [5.41, 5.74) is 0.528. The number of benzene rings is 1. The van der Waals surface area contributed by atoms with Crippen molar-refractivity contribution in [1.29, 1.82) is 0 Å². The normalized spacial score (nSPS) is 18.3. The van der Waals surface area contributed by atoms with E-state index < -0.39 is 41.0 Å². The largest absolute Gasteiger partial charge is 0.444 e. The van der Waals surface area contributed by atoms with Crippen LogP contribution in [0.4, 0.5) is 18.0 Å². The van der Waals surface area contributed by atoms with E-state index in [2.05, 4.69) is 9.97 Å². The van der Waals surface area contributed by atoms with Gasteiger partial charge in [0, 0.05) is 43.0 Å². The molecule has 2 aliphatic rings. The Labute approximate surface area is 241 Å². The van der Waals surface area contributed by atoms with Crippen molar-refractivity contribution >= 4 is 23.0 Å². The molecule has 2 amide bonds. The predicted molar refractivity (Wildman–Crippen MR) is 148 cm³/mol. The van der Waals surface area contributed by atoms with E-state index in [4.69, 9.17) is 9.47 Å². The van der Waals surface area contributed by atoms with E-state index in [0.717, 1.165) is 17.3 Å². The minimum absolute atomic E-state index is 0.0439. The van der Waals surface area contributed by atoms with Crippen LogP contribution in [0.2, 0.25) is 0 Å². The van der Waals surface area contributed by atoms with E-state index in [1.807, 2.05) is 12.1 Å². The molecule has 9 nitrogen and oxygen atoms in total. The molecule has 0 spiro atoms. The molecule has 4 heterocycles. The highest BCUT2D eigenvalue weighted by Gasteiger charge is 2.38. The number of carbonyl (C=O) groups excluding carboxylic acids is 2. The van der Waals surface area contributed by atoms with Crippen molar-refractivity contribution in [3.8, 4) is 11.1 Å². The first-order chi connectivity index (χ1) is 19.5. The second kappa shape index (κ2) is 10.6. The molecule has 1 unspecified atom stereocenters. The number of aliphatic hydroxyl groups is 1. The lowest BCUT2D eigenvalue weighted by Crippen LogP contribution is -2.48. The van der Waals surface area contributed by atoms with Gasteiger partial charge in [-0.3, -0.25) is 9.69 Å². The highest BCUT2D eigenvalue weighted by molar-refractivity contribution is 5.86. The number of carbonyl (C=O) groups is 2. The number of hydrogen-bond acceptors (Lipinski definition) is 6. The number of amides is 2. The van der Waals surface area contributed by atoms with Gasteiger partial charge in [0.15, 0.2) is 0 Å². The van der Waals surface area contributed by atoms with Gasteiger partial charge in [-0.25, -0.2) is 9.78 Å². The first kappa shape index (κ1) is 29.8. The van der Waals surface area contributed by atoms with Crippen molar-refractivity contribution in [2.75, 3.05) is 26.3 Å². The summed E-state index contributed by atoms with van der Waals surface area (Å²) in [6.45, 7) is 9.52. The molecule has 12 heteroatoms. The average Bonchev–Trinajstić information content (AvgIpc) is 3.34. The number of rotatable bonds is 3. The maximum Gasteiger partial charge on any atom is 0.418 e. The fourth-order valence-corrected chi connectivity index (χ4v) is 5.52. The highest BCUT2D eigenvalue weighted by atomic mass is 19.4. The standard InChI is InChI=1S/C30H35F3N4O5/c1-28(2,3)42-27(39)37-8-9-41-16-24(37)20-11-18(10-17-6-7-36(15-22(17)20)26(38)29(4,5)40)19-12-21-23(30(31,32)33)14-35-25(21)34-13-19/h10-14,24,40H,6-9,15-16H2,1-5H3,(H,34,35). The second-order valence-corrected chi connectivity index (χ2v) is 12.3. The number of halogens is 3. The van der Waals surface area contributed by atoms with Crippen LogP contribution >= 0.6 is 0 Å². The molecule has 1 fully saturated rings. The number of nitrogens with zero attached hydrogens (tertiary/aromatic N) is 3. The van der Waals surface area contributed by atoms with Gasteiger partial charge in [-0.1, -0.05) is 6.07 Å². The van der Waals surface area contributed by atoms with Gasteiger partial charge in [-0.2, -0.15) is 13.2 Å². The third kappa shape index (κ3) is 5.96. The third-order valence-electron chi connectivity index (χ3n) is 7.47. The summed E-state index contributed by atoms with van der Waals surface area (Å²) in [4.78, 5) is 36.3. The zero-order chi connectivity index (χ0) is 30.6. The number of ether oxygens (including phenoxy) is 2. The third-order valence-corrected chi connectivity index (χ3v) is 7.47. The molecule has 2 aromatic heterocycles. The molecule has 226 valence electrons. The quantitative estimate of drug-likeness (QED) is 0.435. The van der Waals surface area contributed by atoms with Crippen LogP contribution in [0.1, 0.15) is 62.9 Å². The van der Waals surface area contributed by atoms with E-state index in [-0.39, 0.29) is 30.7 Å². The van der Waals surface area contributed by atoms with Crippen LogP contribution in [-0.2, 0) is 33.4 Å². The molecule has 1 aromatic carbocycles. The topological polar surface area (TPSA) is 108 Å². The first-order valence-corrected chi connectivity index (χ1v) is 13.8. The van der Waals surface area contributed by atoms with Gasteiger partial charge in [0.25, 0.3) is 5.91 Å². The Hall–Kier alpha value is -3.64. The summed E-state index contributed by atoms with van der Waals surface area (Å²) in [5, 5.41) is 10.4. The maximum absolute atomic E-state index is 13.7. The van der Waals surface area contributed by atoms with Gasteiger partial charge in [-0.15, -0.1) is 0 Å². The fourth-order valence-electron chi connectivity index (χ4n) is 5.52. The molecule has 42 heavy (non-hydrogen) atoms. The highest BCUT2D eigenvalue weighted by Crippen LogP contribution is 2.39. The van der Waals surface area contributed by atoms with E-state index >= 15 is 0 Å². The number of aromatic amines is 1. The van der Waals surface area contributed by atoms with Crippen LogP contribution < -0.4 is 0 Å². The molecule has 0 saturated carbocycles. The number of aromatic nitrogens is 2. The lowest BCUT2D eigenvalue weighted by Gasteiger charge is -2.40. The Morgan fingerprint density at radius 1 is 1.10 bits per heavy atom. The van der Waals surface area contributed by atoms with Crippen molar-refractivity contribution in [2.45, 2.75) is 71.0 Å². The number of pyridine rings is 1. The molecule has 1 atom stereocenters. The van der Waals surface area contributed by atoms with Crippen molar-refractivity contribution in [3.63, 3.8) is 0 Å². The van der Waals surface area contributed by atoms with Crippen LogP contribution in [0.25, 0.3) is 22.2 Å². The Morgan fingerprint density at radius 3 is 2.50 bits per heavy atom. The van der Waals surface area contributed by atoms with E-state index in [9.17, 15) is 27.9 Å². The minimum Gasteiger partial charge on any atom is -0.444 e. The number of fused-ring (bicyclic) bond motifs is 2. The lowest BCUT2D eigenvalue weighted by atomic mass is 9.86. The minimum atomic E-state index is -4.55. The van der Waals surface area contributed by atoms with Gasteiger partial charge < -0.3 is 24.5 Å². The average molecular weight is 589 g/mol. The molecule has 5 rings (SSSR count). The van der Waals surface area contributed by atoms with Crippen LogP contribution in [0, 0.1) is 0 Å². The Balaban J connectivity index is 1.64. The van der Waals surface area contributed by atoms with Gasteiger partial charge in [0.1, 0.15) is 16.8 Å². The summed E-state index contributed by atoms with van der Waals surface area (Å²) < 4.78 is 52.5. The van der Waals surface area contributed by atoms with Crippen LogP contribution in [0.15, 0.2) is 30.6 Å². The SMILES string of the molecule is CC(C)(C)OC(=O)N1CCOCC1c1cc(-c2cnc3[nH]cc(C(F)(F)F)c3c2)cc2c1CN(C(=O)C(C)(C)O)CC2. The monoisotopic (exact) mass is 588 g/mol. The van der Waals surface area contributed by atoms with Crippen molar-refractivity contribution in [2.24, 2.45) is 0 Å². The predicted octanol–water partition coefficient (Wildman–Crippen LogP) is 5.21. The zero-order valence-electron chi connectivity index (χ0n) is 24.3. The zero-order valence-corrected chi connectivity index (χ0v) is 24.3. The van der Waals surface area contributed by atoms with Gasteiger partial charge in [-0.05, 0) is 75.4 Å². The van der Waals surface area contributed by atoms with E-state index in [0.29, 0.717) is 36.3 Å². The summed E-state index contributed by atoms with van der Waals surface area (Å²) in [5.74, 6) is -0.422. The van der Waals surface area contributed by atoms with E-state index in [1.54, 1.807) is 30.6 Å². The lowest BCUT2D eigenvalue weighted by molar-refractivity contribution is -0.148. The second-order valence-electron chi connectivity index (χ2n) is 12.3. The number of alkyl halides is 3. The Morgan fingerprint density at radius 2 is 1.83 bits per heavy atom. The molecular formula is C30H35F3N4O5. The number of morpholine rings is 1. The Kier molecular flexibility index (Phi) is 7.51. The number of hydrogen-bond donors (Lipinski definition) is 2. The van der Waals surface area contributed by atoms with Crippen molar-refractivity contribution in [1.82, 2.24) is 19.8 Å². The van der Waals surface area contributed by atoms with Crippen LogP contribution in [0.3, 0.4) is 0 Å². The summed E-state index contributed by atoms with van der Waals surface area (Å²) in [7, 11) is 0. The summed E-state index contributed by atoms with van der Waals surface area (Å²) in [6.07, 6.45) is -2.19. The fraction of sp³-hybridized carbons (Fsp3) is 0.500. The van der Waals surface area contributed by atoms with Crippen LogP contribution in [0.5, 0.6) is 0 Å². The molecule has 0 bridgehead atoms. The Bertz CT molecular complexity index is 1520. The maximum atomic E-state index is 13.7. The van der Waals surface area contributed by atoms with Crippen molar-refractivity contribution < 1.29 is 37.3 Å². The molecule has 2 N–H and O–H groups in total. The molecule has 2 aliphatic heterocycles. The summed E-state index contributed by atoms with van der Waals surface area (Å²) >= 11 is 0. The number of nitrogens with one attached hydrogen (secondary N) is 1. The summed E-state index contributed by atoms with van der Waals surface area (Å²) in [6, 6.07) is 4.61. The molecule has 0 radical (unpaired) electrons.